The van der Waals surface area contributed by atoms with Crippen LogP contribution in [0, 0.1) is 0 Å². The molecule has 2 unspecified atom stereocenters. The molecule has 0 aliphatic carbocycles. The molecule has 156 valence electrons. The molecule has 0 bridgehead atoms. The van der Waals surface area contributed by atoms with Gasteiger partial charge in [-0.25, -0.2) is 4.79 Å². The van der Waals surface area contributed by atoms with Gasteiger partial charge in [0.15, 0.2) is 6.10 Å². The summed E-state index contributed by atoms with van der Waals surface area (Å²) in [6, 6.07) is 7.03. The summed E-state index contributed by atoms with van der Waals surface area (Å²) in [7, 11) is 0. The van der Waals surface area contributed by atoms with E-state index in [1.165, 1.54) is 4.90 Å². The molecule has 1 N–H and O–H groups in total. The molecule has 1 aromatic carbocycles. The first-order valence-electron chi connectivity index (χ1n) is 9.56. The molecular formula is C20H24N2O7. The summed E-state index contributed by atoms with van der Waals surface area (Å²) in [5, 5.41) is 9.33. The third-order valence-corrected chi connectivity index (χ3v) is 4.97. The lowest BCUT2D eigenvalue weighted by molar-refractivity contribution is -0.177. The number of likely N-dealkylation sites (tertiary alicyclic amines) is 1. The van der Waals surface area contributed by atoms with E-state index in [4.69, 9.17) is 9.47 Å². The molecule has 2 amide bonds. The molecule has 2 fully saturated rings. The summed E-state index contributed by atoms with van der Waals surface area (Å²) in [5.74, 6) is -2.82. The van der Waals surface area contributed by atoms with Gasteiger partial charge >= 0.3 is 11.9 Å². The summed E-state index contributed by atoms with van der Waals surface area (Å²) in [6.45, 7) is 2.94. The van der Waals surface area contributed by atoms with Crippen molar-refractivity contribution in [3.63, 3.8) is 0 Å². The van der Waals surface area contributed by atoms with Gasteiger partial charge < -0.3 is 24.4 Å². The highest BCUT2D eigenvalue weighted by Gasteiger charge is 2.42. The van der Waals surface area contributed by atoms with Gasteiger partial charge in [0.05, 0.1) is 13.0 Å². The number of carboxylic acid groups (broad SMARTS) is 1. The molecule has 2 aliphatic rings. The van der Waals surface area contributed by atoms with Crippen molar-refractivity contribution in [2.75, 3.05) is 31.1 Å². The van der Waals surface area contributed by atoms with Gasteiger partial charge in [-0.15, -0.1) is 0 Å². The van der Waals surface area contributed by atoms with Crippen molar-refractivity contribution in [2.45, 2.75) is 38.4 Å². The Kier molecular flexibility index (Phi) is 6.48. The number of carbonyl (C=O) groups excluding carboxylic acids is 3. The van der Waals surface area contributed by atoms with Crippen LogP contribution in [0.1, 0.15) is 25.3 Å². The topological polar surface area (TPSA) is 113 Å². The van der Waals surface area contributed by atoms with Crippen LogP contribution in [0.5, 0.6) is 0 Å². The van der Waals surface area contributed by atoms with Crippen molar-refractivity contribution in [2.24, 2.45) is 0 Å². The van der Waals surface area contributed by atoms with E-state index in [-0.39, 0.29) is 25.5 Å². The second kappa shape index (κ2) is 9.04. The molecule has 0 radical (unpaired) electrons. The Morgan fingerprint density at radius 1 is 1.24 bits per heavy atom. The normalized spacial score (nSPS) is 20.4. The van der Waals surface area contributed by atoms with Crippen LogP contribution in [-0.4, -0.2) is 72.2 Å². The molecule has 3 rings (SSSR count). The van der Waals surface area contributed by atoms with Gasteiger partial charge in [0.25, 0.3) is 5.91 Å². The van der Waals surface area contributed by atoms with E-state index < -0.39 is 30.1 Å². The molecule has 2 heterocycles. The molecule has 1 aromatic rings. The Hall–Kier alpha value is -2.94. The first-order valence-corrected chi connectivity index (χ1v) is 9.56. The Bertz CT molecular complexity index is 804. The van der Waals surface area contributed by atoms with Crippen LogP contribution in [0.4, 0.5) is 5.69 Å². The molecule has 0 aromatic heterocycles. The average Bonchev–Trinajstić information content (AvgIpc) is 3.21. The summed E-state index contributed by atoms with van der Waals surface area (Å²) >= 11 is 0. The second-order valence-electron chi connectivity index (χ2n) is 7.08. The number of benzene rings is 1. The first kappa shape index (κ1) is 20.8. The van der Waals surface area contributed by atoms with Crippen LogP contribution in [-0.2, 0) is 35.1 Å². The number of rotatable bonds is 6. The zero-order valence-electron chi connectivity index (χ0n) is 16.2. The molecule has 9 heteroatoms. The van der Waals surface area contributed by atoms with Crippen LogP contribution in [0.2, 0.25) is 0 Å². The monoisotopic (exact) mass is 404 g/mol. The van der Waals surface area contributed by atoms with E-state index in [2.05, 4.69) is 0 Å². The van der Waals surface area contributed by atoms with Crippen LogP contribution < -0.4 is 4.90 Å². The summed E-state index contributed by atoms with van der Waals surface area (Å²) < 4.78 is 10.1. The number of carboxylic acids is 1. The predicted molar refractivity (Wildman–Crippen MR) is 101 cm³/mol. The number of hydrogen-bond acceptors (Lipinski definition) is 6. The molecule has 2 saturated heterocycles. The maximum Gasteiger partial charge on any atom is 0.348 e. The van der Waals surface area contributed by atoms with Gasteiger partial charge in [-0.2, -0.15) is 0 Å². The number of aliphatic carboxylic acids is 1. The van der Waals surface area contributed by atoms with Crippen molar-refractivity contribution in [1.82, 2.24) is 4.90 Å². The first-order chi connectivity index (χ1) is 13.9. The van der Waals surface area contributed by atoms with Crippen molar-refractivity contribution < 1.29 is 33.8 Å². The predicted octanol–water partition coefficient (Wildman–Crippen LogP) is 0.600. The number of nitrogens with zero attached hydrogens (tertiary/aromatic N) is 2. The fourth-order valence-electron chi connectivity index (χ4n) is 3.59. The number of anilines is 1. The largest absolute Gasteiger partial charge is 0.478 e. The molecule has 2 aliphatic heterocycles. The molecule has 9 nitrogen and oxygen atoms in total. The lowest BCUT2D eigenvalue weighted by Gasteiger charge is -2.34. The van der Waals surface area contributed by atoms with Crippen molar-refractivity contribution in [3.05, 3.63) is 29.8 Å². The lowest BCUT2D eigenvalue weighted by Crippen LogP contribution is -2.55. The number of morpholine rings is 1. The maximum absolute atomic E-state index is 12.9. The van der Waals surface area contributed by atoms with Gasteiger partial charge in [-0.1, -0.05) is 12.1 Å². The quantitative estimate of drug-likeness (QED) is 0.691. The number of ether oxygens (including phenoxy) is 2. The molecular weight excluding hydrogens is 380 g/mol. The van der Waals surface area contributed by atoms with Gasteiger partial charge in [-0.3, -0.25) is 14.4 Å². The van der Waals surface area contributed by atoms with Gasteiger partial charge in [-0.05, 0) is 30.5 Å². The minimum atomic E-state index is -1.72. The smallest absolute Gasteiger partial charge is 0.348 e. The van der Waals surface area contributed by atoms with E-state index in [0.29, 0.717) is 5.69 Å². The fraction of sp³-hybridized carbons (Fsp3) is 0.500. The Balaban J connectivity index is 1.75. The highest BCUT2D eigenvalue weighted by Crippen LogP contribution is 2.23. The summed E-state index contributed by atoms with van der Waals surface area (Å²) in [6.07, 6.45) is -0.880. The van der Waals surface area contributed by atoms with Crippen molar-refractivity contribution in [3.8, 4) is 0 Å². The second-order valence-corrected chi connectivity index (χ2v) is 7.08. The summed E-state index contributed by atoms with van der Waals surface area (Å²) in [5.41, 5.74) is 1.31. The van der Waals surface area contributed by atoms with E-state index in [0.717, 1.165) is 38.4 Å². The molecule has 0 saturated carbocycles. The SMILES string of the molecule is CC(=O)OC(C(=O)O)C1OCCN(c2cccc(CC(=O)N3CCCC3)c2)C1=O. The van der Waals surface area contributed by atoms with Gasteiger partial charge in [0.2, 0.25) is 12.0 Å². The highest BCUT2D eigenvalue weighted by atomic mass is 16.6. The lowest BCUT2D eigenvalue weighted by atomic mass is 10.1. The van der Waals surface area contributed by atoms with Gasteiger partial charge in [0.1, 0.15) is 0 Å². The number of carbonyl (C=O) groups is 4. The van der Waals surface area contributed by atoms with E-state index in [1.54, 1.807) is 18.2 Å². The van der Waals surface area contributed by atoms with Crippen molar-refractivity contribution in [1.29, 1.82) is 0 Å². The Morgan fingerprint density at radius 3 is 2.62 bits per heavy atom. The van der Waals surface area contributed by atoms with E-state index in [1.807, 2.05) is 11.0 Å². The number of esters is 1. The average molecular weight is 404 g/mol. The van der Waals surface area contributed by atoms with Crippen molar-refractivity contribution >= 4 is 29.4 Å². The minimum absolute atomic E-state index is 0.0478. The molecule has 0 spiro atoms. The van der Waals surface area contributed by atoms with Crippen LogP contribution in [0.15, 0.2) is 24.3 Å². The van der Waals surface area contributed by atoms with E-state index >= 15 is 0 Å². The number of amides is 2. The van der Waals surface area contributed by atoms with Crippen LogP contribution in [0.3, 0.4) is 0 Å². The minimum Gasteiger partial charge on any atom is -0.478 e. The Morgan fingerprint density at radius 2 is 1.97 bits per heavy atom. The number of hydrogen-bond donors (Lipinski definition) is 1. The zero-order chi connectivity index (χ0) is 21.0. The molecule has 29 heavy (non-hydrogen) atoms. The van der Waals surface area contributed by atoms with Crippen LogP contribution >= 0.6 is 0 Å². The Labute approximate surface area is 168 Å². The highest BCUT2D eigenvalue weighted by molar-refractivity contribution is 6.00. The van der Waals surface area contributed by atoms with Crippen LogP contribution in [0.25, 0.3) is 0 Å². The third kappa shape index (κ3) is 4.92. The molecule has 2 atom stereocenters. The summed E-state index contributed by atoms with van der Waals surface area (Å²) in [4.78, 5) is 51.2. The van der Waals surface area contributed by atoms with E-state index in [9.17, 15) is 24.3 Å². The standard InChI is InChI=1S/C20H24N2O7/c1-13(23)29-18(20(26)27)17-19(25)22(9-10-28-17)15-6-4-5-14(11-15)12-16(24)21-7-2-3-8-21/h4-6,11,17-18H,2-3,7-10,12H2,1H3,(H,26,27). The third-order valence-electron chi connectivity index (χ3n) is 4.97. The van der Waals surface area contributed by atoms with Gasteiger partial charge in [0, 0.05) is 32.2 Å². The maximum atomic E-state index is 12.9. The zero-order valence-corrected chi connectivity index (χ0v) is 16.2. The fourth-order valence-corrected chi connectivity index (χ4v) is 3.59.